The lowest BCUT2D eigenvalue weighted by Gasteiger charge is -2.21. The normalized spacial score (nSPS) is 15.1. The Balaban J connectivity index is 2.63. The molecule has 0 saturated carbocycles. The molecule has 2 atom stereocenters. The predicted octanol–water partition coefficient (Wildman–Crippen LogP) is 3.44. The van der Waals surface area contributed by atoms with Crippen molar-refractivity contribution < 1.29 is 4.74 Å². The van der Waals surface area contributed by atoms with E-state index in [1.165, 1.54) is 15.3 Å². The number of hydrogen-bond donors (Lipinski definition) is 1. The average Bonchev–Trinajstić information content (AvgIpc) is 2.57. The molecule has 92 valence electrons. The number of aryl methyl sites for hydroxylation is 2. The number of methoxy groups -OCH3 is 1. The first-order chi connectivity index (χ1) is 7.58. The van der Waals surface area contributed by atoms with Crippen molar-refractivity contribution in [2.24, 2.45) is 0 Å². The Morgan fingerprint density at radius 1 is 1.44 bits per heavy atom. The van der Waals surface area contributed by atoms with Gasteiger partial charge in [-0.2, -0.15) is 0 Å². The van der Waals surface area contributed by atoms with Gasteiger partial charge in [-0.15, -0.1) is 11.3 Å². The van der Waals surface area contributed by atoms with Crippen molar-refractivity contribution >= 4 is 11.3 Å². The quantitative estimate of drug-likeness (QED) is 0.824. The zero-order valence-electron chi connectivity index (χ0n) is 11.0. The third-order valence-electron chi connectivity index (χ3n) is 2.89. The fourth-order valence-corrected chi connectivity index (χ4v) is 3.03. The summed E-state index contributed by atoms with van der Waals surface area (Å²) in [7, 11) is 1.76. The summed E-state index contributed by atoms with van der Waals surface area (Å²) in [5.74, 6) is 0. The van der Waals surface area contributed by atoms with Crippen LogP contribution in [0.1, 0.15) is 41.6 Å². The van der Waals surface area contributed by atoms with Crippen molar-refractivity contribution in [1.29, 1.82) is 0 Å². The van der Waals surface area contributed by atoms with Crippen LogP contribution in [0.15, 0.2) is 6.07 Å². The third-order valence-corrected chi connectivity index (χ3v) is 3.87. The van der Waals surface area contributed by atoms with Crippen molar-refractivity contribution in [2.75, 3.05) is 13.7 Å². The third kappa shape index (κ3) is 3.58. The lowest BCUT2D eigenvalue weighted by Crippen LogP contribution is -2.34. The van der Waals surface area contributed by atoms with Crippen LogP contribution in [0.3, 0.4) is 0 Å². The van der Waals surface area contributed by atoms with Gasteiger partial charge in [-0.25, -0.2) is 0 Å². The van der Waals surface area contributed by atoms with Gasteiger partial charge in [0.15, 0.2) is 0 Å². The SMILES string of the molecule is CCC(COC)NC(C)c1cc(C)sc1C. The molecule has 2 unspecified atom stereocenters. The van der Waals surface area contributed by atoms with Gasteiger partial charge in [-0.3, -0.25) is 0 Å². The fraction of sp³-hybridized carbons (Fsp3) is 0.692. The highest BCUT2D eigenvalue weighted by Crippen LogP contribution is 2.26. The minimum Gasteiger partial charge on any atom is -0.383 e. The molecule has 1 heterocycles. The van der Waals surface area contributed by atoms with Crippen LogP contribution in [-0.4, -0.2) is 19.8 Å². The van der Waals surface area contributed by atoms with E-state index >= 15 is 0 Å². The van der Waals surface area contributed by atoms with Gasteiger partial charge in [0.2, 0.25) is 0 Å². The summed E-state index contributed by atoms with van der Waals surface area (Å²) in [6.07, 6.45) is 1.10. The van der Waals surface area contributed by atoms with Gasteiger partial charge < -0.3 is 10.1 Å². The largest absolute Gasteiger partial charge is 0.383 e. The Kier molecular flexibility index (Phi) is 5.46. The van der Waals surface area contributed by atoms with Gasteiger partial charge in [0.1, 0.15) is 0 Å². The van der Waals surface area contributed by atoms with Crippen molar-refractivity contribution in [1.82, 2.24) is 5.32 Å². The first-order valence-corrected chi connectivity index (χ1v) is 6.72. The molecule has 0 radical (unpaired) electrons. The van der Waals surface area contributed by atoms with Gasteiger partial charge in [0, 0.05) is 28.9 Å². The summed E-state index contributed by atoms with van der Waals surface area (Å²) in [4.78, 5) is 2.81. The second-order valence-corrected chi connectivity index (χ2v) is 5.78. The highest BCUT2D eigenvalue weighted by atomic mass is 32.1. The van der Waals surface area contributed by atoms with E-state index in [4.69, 9.17) is 4.74 Å². The number of rotatable bonds is 6. The van der Waals surface area contributed by atoms with Crippen molar-refractivity contribution in [2.45, 2.75) is 46.2 Å². The standard InChI is InChI=1S/C13H23NOS/c1-6-12(8-15-5)14-10(3)13-7-9(2)16-11(13)4/h7,10,12,14H,6,8H2,1-5H3. The molecule has 0 aliphatic rings. The molecule has 1 aromatic heterocycles. The van der Waals surface area contributed by atoms with Crippen LogP contribution >= 0.6 is 11.3 Å². The van der Waals surface area contributed by atoms with Crippen LogP contribution in [0.4, 0.5) is 0 Å². The van der Waals surface area contributed by atoms with Gasteiger partial charge in [-0.05, 0) is 38.8 Å². The molecule has 0 aliphatic carbocycles. The van der Waals surface area contributed by atoms with Gasteiger partial charge in [0.25, 0.3) is 0 Å². The summed E-state index contributed by atoms with van der Waals surface area (Å²) in [6, 6.07) is 3.14. The van der Waals surface area contributed by atoms with E-state index in [1.54, 1.807) is 7.11 Å². The first kappa shape index (κ1) is 13.7. The van der Waals surface area contributed by atoms with Gasteiger partial charge >= 0.3 is 0 Å². The lowest BCUT2D eigenvalue weighted by molar-refractivity contribution is 0.159. The predicted molar refractivity (Wildman–Crippen MR) is 71.3 cm³/mol. The van der Waals surface area contributed by atoms with Gasteiger partial charge in [-0.1, -0.05) is 6.92 Å². The number of ether oxygens (including phenoxy) is 1. The molecule has 1 aromatic rings. The van der Waals surface area contributed by atoms with Crippen LogP contribution in [-0.2, 0) is 4.74 Å². The molecule has 3 heteroatoms. The Morgan fingerprint density at radius 2 is 2.12 bits per heavy atom. The maximum absolute atomic E-state index is 5.21. The Hall–Kier alpha value is -0.380. The highest BCUT2D eigenvalue weighted by molar-refractivity contribution is 7.12. The van der Waals surface area contributed by atoms with Gasteiger partial charge in [0.05, 0.1) is 6.61 Å². The molecule has 1 rings (SSSR count). The zero-order valence-corrected chi connectivity index (χ0v) is 11.8. The second-order valence-electron chi connectivity index (χ2n) is 4.32. The van der Waals surface area contributed by atoms with E-state index in [2.05, 4.69) is 39.1 Å². The first-order valence-electron chi connectivity index (χ1n) is 5.90. The summed E-state index contributed by atoms with van der Waals surface area (Å²) >= 11 is 1.87. The number of nitrogens with one attached hydrogen (secondary N) is 1. The molecule has 2 nitrogen and oxygen atoms in total. The van der Waals surface area contributed by atoms with E-state index in [1.807, 2.05) is 11.3 Å². The molecular weight excluding hydrogens is 218 g/mol. The summed E-state index contributed by atoms with van der Waals surface area (Å²) in [5.41, 5.74) is 1.43. The molecule has 0 aromatic carbocycles. The minimum atomic E-state index is 0.407. The molecule has 16 heavy (non-hydrogen) atoms. The smallest absolute Gasteiger partial charge is 0.0615 e. The zero-order chi connectivity index (χ0) is 12.1. The van der Waals surface area contributed by atoms with Crippen LogP contribution < -0.4 is 5.32 Å². The fourth-order valence-electron chi connectivity index (χ4n) is 2.01. The van der Waals surface area contributed by atoms with Crippen LogP contribution in [0.5, 0.6) is 0 Å². The van der Waals surface area contributed by atoms with Crippen molar-refractivity contribution in [3.05, 3.63) is 21.4 Å². The summed E-state index contributed by atoms with van der Waals surface area (Å²) in [6.45, 7) is 9.56. The summed E-state index contributed by atoms with van der Waals surface area (Å²) < 4.78 is 5.21. The molecule has 0 amide bonds. The highest BCUT2D eigenvalue weighted by Gasteiger charge is 2.14. The van der Waals surface area contributed by atoms with Crippen molar-refractivity contribution in [3.63, 3.8) is 0 Å². The Labute approximate surface area is 103 Å². The minimum absolute atomic E-state index is 0.407. The maximum Gasteiger partial charge on any atom is 0.0615 e. The molecule has 0 saturated heterocycles. The van der Waals surface area contributed by atoms with E-state index in [0.717, 1.165) is 13.0 Å². The molecule has 0 aliphatic heterocycles. The second kappa shape index (κ2) is 6.38. The van der Waals surface area contributed by atoms with E-state index in [-0.39, 0.29) is 0 Å². The van der Waals surface area contributed by atoms with E-state index in [0.29, 0.717) is 12.1 Å². The van der Waals surface area contributed by atoms with Crippen LogP contribution in [0, 0.1) is 13.8 Å². The van der Waals surface area contributed by atoms with Crippen LogP contribution in [0.25, 0.3) is 0 Å². The van der Waals surface area contributed by atoms with E-state index < -0.39 is 0 Å². The number of thiophene rings is 1. The molecular formula is C13H23NOS. The number of hydrogen-bond acceptors (Lipinski definition) is 3. The molecule has 1 N–H and O–H groups in total. The monoisotopic (exact) mass is 241 g/mol. The summed E-state index contributed by atoms with van der Waals surface area (Å²) in [5, 5.41) is 3.62. The Bertz CT molecular complexity index is 322. The molecule has 0 bridgehead atoms. The lowest BCUT2D eigenvalue weighted by atomic mass is 10.1. The van der Waals surface area contributed by atoms with E-state index in [9.17, 15) is 0 Å². The van der Waals surface area contributed by atoms with Crippen molar-refractivity contribution in [3.8, 4) is 0 Å². The average molecular weight is 241 g/mol. The van der Waals surface area contributed by atoms with Crippen LogP contribution in [0.2, 0.25) is 0 Å². The molecule has 0 fully saturated rings. The topological polar surface area (TPSA) is 21.3 Å². The Morgan fingerprint density at radius 3 is 2.56 bits per heavy atom. The maximum atomic E-state index is 5.21. The molecule has 0 spiro atoms.